The number of hydrazine groups is 1. The van der Waals surface area contributed by atoms with Crippen LogP contribution in [0.3, 0.4) is 0 Å². The van der Waals surface area contributed by atoms with Crippen molar-refractivity contribution in [3.8, 4) is 0 Å². The molecule has 0 aromatic heterocycles. The van der Waals surface area contributed by atoms with Crippen molar-refractivity contribution in [1.29, 1.82) is 0 Å². The third-order valence-electron chi connectivity index (χ3n) is 2.62. The second-order valence-electron chi connectivity index (χ2n) is 4.10. The van der Waals surface area contributed by atoms with Gasteiger partial charge in [0, 0.05) is 13.8 Å². The van der Waals surface area contributed by atoms with E-state index in [4.69, 9.17) is 0 Å². The van der Waals surface area contributed by atoms with Crippen LogP contribution in [0.15, 0.2) is 23.1 Å². The van der Waals surface area contributed by atoms with E-state index in [-0.39, 0.29) is 16.1 Å². The fourth-order valence-electron chi connectivity index (χ4n) is 1.82. The topological polar surface area (TPSA) is 113 Å². The molecule has 0 saturated heterocycles. The van der Waals surface area contributed by atoms with Gasteiger partial charge in [-0.15, -0.1) is 0 Å². The number of anilines is 1. The second kappa shape index (κ2) is 4.60. The van der Waals surface area contributed by atoms with Crippen LogP contribution in [0.25, 0.3) is 0 Å². The zero-order valence-corrected chi connectivity index (χ0v) is 11.4. The molecule has 0 fully saturated rings. The van der Waals surface area contributed by atoms with Crippen molar-refractivity contribution in [3.05, 3.63) is 23.8 Å². The molecule has 2 N–H and O–H groups in total. The average Bonchev–Trinajstić information content (AvgIpc) is 2.56. The Bertz CT molecular complexity index is 712. The van der Waals surface area contributed by atoms with Gasteiger partial charge in [0.15, 0.2) is 0 Å². The molecule has 0 spiro atoms. The molecule has 8 nitrogen and oxygen atoms in total. The molecule has 1 aliphatic heterocycles. The van der Waals surface area contributed by atoms with E-state index in [9.17, 15) is 22.8 Å². The van der Waals surface area contributed by atoms with E-state index in [0.29, 0.717) is 5.01 Å². The van der Waals surface area contributed by atoms with Gasteiger partial charge in [-0.05, 0) is 12.1 Å². The molecule has 3 amide bonds. The van der Waals surface area contributed by atoms with Crippen molar-refractivity contribution in [1.82, 2.24) is 9.73 Å². The molecule has 0 aliphatic carbocycles. The number of nitrogens with one attached hydrogen (secondary N) is 2. The predicted octanol–water partition coefficient (Wildman–Crippen LogP) is -0.159. The van der Waals surface area contributed by atoms with Gasteiger partial charge in [-0.3, -0.25) is 19.8 Å². The molecule has 1 aliphatic rings. The van der Waals surface area contributed by atoms with Crippen LogP contribution < -0.4 is 10.1 Å². The van der Waals surface area contributed by atoms with E-state index in [1.165, 1.54) is 18.2 Å². The second-order valence-corrected chi connectivity index (χ2v) is 5.72. The summed E-state index contributed by atoms with van der Waals surface area (Å²) in [6, 6.07) is 4.14. The third-order valence-corrected chi connectivity index (χ3v) is 4.05. The minimum absolute atomic E-state index is 0.0220. The molecule has 2 rings (SSSR count). The predicted molar refractivity (Wildman–Crippen MR) is 67.9 cm³/mol. The molecule has 1 aromatic carbocycles. The highest BCUT2D eigenvalue weighted by Gasteiger charge is 2.35. The number of amides is 3. The smallest absolute Gasteiger partial charge is 0.267 e. The molecule has 1 aromatic rings. The summed E-state index contributed by atoms with van der Waals surface area (Å²) in [6.07, 6.45) is 0. The number of imide groups is 1. The maximum Gasteiger partial charge on any atom is 0.267 e. The van der Waals surface area contributed by atoms with E-state index in [1.54, 1.807) is 0 Å². The lowest BCUT2D eigenvalue weighted by Gasteiger charge is -2.20. The Labute approximate surface area is 114 Å². The van der Waals surface area contributed by atoms with Gasteiger partial charge in [0.2, 0.25) is 11.8 Å². The van der Waals surface area contributed by atoms with Crippen molar-refractivity contribution in [2.24, 2.45) is 0 Å². The first kappa shape index (κ1) is 14.0. The van der Waals surface area contributed by atoms with Crippen molar-refractivity contribution >= 4 is 33.4 Å². The summed E-state index contributed by atoms with van der Waals surface area (Å²) in [5.74, 6) is -1.96. The van der Waals surface area contributed by atoms with E-state index in [0.717, 1.165) is 13.8 Å². The Balaban J connectivity index is 2.54. The number of hydrogen-bond acceptors (Lipinski definition) is 6. The van der Waals surface area contributed by atoms with Gasteiger partial charge in [-0.2, -0.15) is 5.01 Å². The fourth-order valence-corrected chi connectivity index (χ4v) is 3.13. The minimum atomic E-state index is -3.99. The van der Waals surface area contributed by atoms with Gasteiger partial charge in [-0.1, -0.05) is 6.07 Å². The summed E-state index contributed by atoms with van der Waals surface area (Å²) in [6.45, 7) is 2.30. The quantitative estimate of drug-likeness (QED) is 0.733. The van der Waals surface area contributed by atoms with Crippen molar-refractivity contribution < 1.29 is 22.8 Å². The van der Waals surface area contributed by atoms with Crippen LogP contribution in [0, 0.1) is 0 Å². The van der Waals surface area contributed by atoms with Crippen LogP contribution in [0.4, 0.5) is 5.69 Å². The molecule has 0 atom stereocenters. The van der Waals surface area contributed by atoms with Gasteiger partial charge in [0.1, 0.15) is 4.90 Å². The number of benzene rings is 1. The highest BCUT2D eigenvalue weighted by atomic mass is 32.2. The zero-order valence-electron chi connectivity index (χ0n) is 10.6. The van der Waals surface area contributed by atoms with Crippen LogP contribution in [-0.2, 0) is 19.6 Å². The molecule has 20 heavy (non-hydrogen) atoms. The number of carbonyl (C=O) groups is 3. The van der Waals surface area contributed by atoms with Crippen molar-refractivity contribution in [2.75, 3.05) is 5.43 Å². The van der Waals surface area contributed by atoms with Crippen molar-refractivity contribution in [2.45, 2.75) is 18.7 Å². The highest BCUT2D eigenvalue weighted by molar-refractivity contribution is 7.90. The van der Waals surface area contributed by atoms with Gasteiger partial charge < -0.3 is 0 Å². The molecule has 0 unspecified atom stereocenters. The minimum Gasteiger partial charge on any atom is -0.287 e. The molecule has 9 heteroatoms. The van der Waals surface area contributed by atoms with E-state index < -0.39 is 27.7 Å². The number of hydrogen-bond donors (Lipinski definition) is 2. The number of carbonyl (C=O) groups excluding carboxylic acids is 3. The van der Waals surface area contributed by atoms with Crippen LogP contribution >= 0.6 is 0 Å². The van der Waals surface area contributed by atoms with Gasteiger partial charge in [0.05, 0.1) is 11.3 Å². The normalized spacial score (nSPS) is 15.2. The Morgan fingerprint density at radius 1 is 1.20 bits per heavy atom. The molecule has 0 bridgehead atoms. The lowest BCUT2D eigenvalue weighted by Crippen LogP contribution is -2.38. The van der Waals surface area contributed by atoms with Gasteiger partial charge in [0.25, 0.3) is 15.9 Å². The SMILES string of the molecule is CC(=O)N(Nc1cccc2c1S(=O)(=O)NC2=O)C(C)=O. The monoisotopic (exact) mass is 297 g/mol. The first-order chi connectivity index (χ1) is 9.24. The molecule has 0 radical (unpaired) electrons. The van der Waals surface area contributed by atoms with Gasteiger partial charge >= 0.3 is 0 Å². The summed E-state index contributed by atoms with van der Waals surface area (Å²) in [7, 11) is -3.99. The summed E-state index contributed by atoms with van der Waals surface area (Å²) < 4.78 is 25.5. The van der Waals surface area contributed by atoms with Crippen LogP contribution in [0.5, 0.6) is 0 Å². The fraction of sp³-hybridized carbons (Fsp3) is 0.182. The lowest BCUT2D eigenvalue weighted by molar-refractivity contribution is -0.140. The molecular formula is C11H11N3O5S. The van der Waals surface area contributed by atoms with Crippen LogP contribution in [0.1, 0.15) is 24.2 Å². The molecule has 106 valence electrons. The van der Waals surface area contributed by atoms with E-state index >= 15 is 0 Å². The van der Waals surface area contributed by atoms with Crippen molar-refractivity contribution in [3.63, 3.8) is 0 Å². The average molecular weight is 297 g/mol. The molecule has 1 heterocycles. The lowest BCUT2D eigenvalue weighted by atomic mass is 10.2. The van der Waals surface area contributed by atoms with Crippen LogP contribution in [-0.4, -0.2) is 31.1 Å². The third kappa shape index (κ3) is 2.23. The Hall–Kier alpha value is -2.42. The Morgan fingerprint density at radius 2 is 1.80 bits per heavy atom. The number of nitrogens with zero attached hydrogens (tertiary/aromatic N) is 1. The number of sulfonamides is 1. The Morgan fingerprint density at radius 3 is 2.35 bits per heavy atom. The molecular weight excluding hydrogens is 286 g/mol. The maximum atomic E-state index is 11.8. The zero-order chi connectivity index (χ0) is 15.1. The largest absolute Gasteiger partial charge is 0.287 e. The maximum absolute atomic E-state index is 11.8. The number of fused-ring (bicyclic) bond motifs is 1. The highest BCUT2D eigenvalue weighted by Crippen LogP contribution is 2.30. The molecule has 0 saturated carbocycles. The van der Waals surface area contributed by atoms with E-state index in [2.05, 4.69) is 5.43 Å². The van der Waals surface area contributed by atoms with E-state index in [1.807, 2.05) is 4.72 Å². The summed E-state index contributed by atoms with van der Waals surface area (Å²) in [5, 5.41) is 0.661. The first-order valence-electron chi connectivity index (χ1n) is 5.52. The Kier molecular flexibility index (Phi) is 3.22. The summed E-state index contributed by atoms with van der Waals surface area (Å²) >= 11 is 0. The standard InChI is InChI=1S/C11H11N3O5S/c1-6(15)14(7(2)16)12-9-5-3-4-8-10(9)20(18,19)13-11(8)17/h3-5,12H,1-2H3,(H,13,17). The summed E-state index contributed by atoms with van der Waals surface area (Å²) in [4.78, 5) is 33.9. The van der Waals surface area contributed by atoms with Crippen LogP contribution in [0.2, 0.25) is 0 Å². The first-order valence-corrected chi connectivity index (χ1v) is 7.00. The number of rotatable bonds is 2. The van der Waals surface area contributed by atoms with Gasteiger partial charge in [-0.25, -0.2) is 13.1 Å². The summed E-state index contributed by atoms with van der Waals surface area (Å²) in [5.41, 5.74) is 2.36.